The second-order valence-electron chi connectivity index (χ2n) is 6.50. The molecule has 1 aromatic heterocycles. The molecule has 1 aliphatic rings. The first-order valence-corrected chi connectivity index (χ1v) is 9.56. The van der Waals surface area contributed by atoms with Gasteiger partial charge in [0, 0.05) is 31.2 Å². The van der Waals surface area contributed by atoms with Crippen LogP contribution in [0.4, 0.5) is 0 Å². The molecule has 0 spiro atoms. The third-order valence-corrected chi connectivity index (χ3v) is 5.74. The summed E-state index contributed by atoms with van der Waals surface area (Å²) in [5, 5.41) is 2.04. The zero-order chi connectivity index (χ0) is 16.8. The molecular weight excluding hydrogens is 318 g/mol. The van der Waals surface area contributed by atoms with Gasteiger partial charge in [-0.2, -0.15) is 0 Å². The molecule has 1 amide bonds. The monoisotopic (exact) mass is 343 g/mol. The van der Waals surface area contributed by atoms with Crippen LogP contribution in [0.3, 0.4) is 0 Å². The van der Waals surface area contributed by atoms with E-state index in [1.54, 1.807) is 11.3 Å². The molecule has 0 aliphatic carbocycles. The number of thiophene rings is 1. The van der Waals surface area contributed by atoms with Crippen molar-refractivity contribution in [3.05, 3.63) is 58.3 Å². The largest absolute Gasteiger partial charge is 0.381 e. The summed E-state index contributed by atoms with van der Waals surface area (Å²) in [4.78, 5) is 16.3. The van der Waals surface area contributed by atoms with Crippen LogP contribution in [0.2, 0.25) is 0 Å². The number of benzene rings is 1. The van der Waals surface area contributed by atoms with Gasteiger partial charge in [-0.3, -0.25) is 4.79 Å². The molecule has 1 unspecified atom stereocenters. The first-order valence-electron chi connectivity index (χ1n) is 8.68. The highest BCUT2D eigenvalue weighted by molar-refractivity contribution is 7.10. The van der Waals surface area contributed by atoms with E-state index in [1.807, 2.05) is 36.6 Å². The van der Waals surface area contributed by atoms with Gasteiger partial charge >= 0.3 is 0 Å². The molecule has 0 saturated carbocycles. The number of nitrogens with zero attached hydrogens (tertiary/aromatic N) is 1. The molecule has 0 N–H and O–H groups in total. The third kappa shape index (κ3) is 4.46. The van der Waals surface area contributed by atoms with Crippen molar-refractivity contribution in [2.45, 2.75) is 32.2 Å². The quantitative estimate of drug-likeness (QED) is 0.782. The van der Waals surface area contributed by atoms with E-state index >= 15 is 0 Å². The van der Waals surface area contributed by atoms with Gasteiger partial charge < -0.3 is 9.64 Å². The standard InChI is InChI=1S/C20H25NO2S/c1-16(19-8-5-13-24-19)20(22)21(14-17-6-3-2-4-7-17)15-18-9-11-23-12-10-18/h2-8,13,16,18H,9-12,14-15H2,1H3. The summed E-state index contributed by atoms with van der Waals surface area (Å²) in [6, 6.07) is 14.4. The van der Waals surface area contributed by atoms with Gasteiger partial charge in [-0.05, 0) is 42.7 Å². The summed E-state index contributed by atoms with van der Waals surface area (Å²) in [7, 11) is 0. The van der Waals surface area contributed by atoms with Crippen LogP contribution in [-0.4, -0.2) is 30.6 Å². The minimum absolute atomic E-state index is 0.0754. The Morgan fingerprint density at radius 1 is 1.21 bits per heavy atom. The summed E-state index contributed by atoms with van der Waals surface area (Å²) in [6.45, 7) is 5.17. The summed E-state index contributed by atoms with van der Waals surface area (Å²) in [6.07, 6.45) is 2.10. The molecule has 4 heteroatoms. The van der Waals surface area contributed by atoms with Crippen LogP contribution in [0.25, 0.3) is 0 Å². The first kappa shape index (κ1) is 17.2. The fourth-order valence-electron chi connectivity index (χ4n) is 3.21. The van der Waals surface area contributed by atoms with Gasteiger partial charge in [-0.1, -0.05) is 36.4 Å². The van der Waals surface area contributed by atoms with Crippen LogP contribution in [0.5, 0.6) is 0 Å². The third-order valence-electron chi connectivity index (χ3n) is 4.69. The smallest absolute Gasteiger partial charge is 0.230 e. The van der Waals surface area contributed by atoms with Crippen LogP contribution in [0, 0.1) is 5.92 Å². The Labute approximate surface area is 148 Å². The molecule has 1 aromatic carbocycles. The molecule has 1 aliphatic heterocycles. The van der Waals surface area contributed by atoms with Crippen LogP contribution >= 0.6 is 11.3 Å². The number of amides is 1. The Hall–Kier alpha value is -1.65. The fourth-order valence-corrected chi connectivity index (χ4v) is 3.99. The first-order chi connectivity index (χ1) is 11.7. The molecule has 1 saturated heterocycles. The van der Waals surface area contributed by atoms with Gasteiger partial charge in [-0.25, -0.2) is 0 Å². The minimum Gasteiger partial charge on any atom is -0.381 e. The van der Waals surface area contributed by atoms with Crippen molar-refractivity contribution in [2.75, 3.05) is 19.8 Å². The fraction of sp³-hybridized carbons (Fsp3) is 0.450. The molecule has 2 heterocycles. The Morgan fingerprint density at radius 3 is 2.62 bits per heavy atom. The average Bonchev–Trinajstić information content (AvgIpc) is 3.16. The normalized spacial score (nSPS) is 16.7. The van der Waals surface area contributed by atoms with Gasteiger partial charge in [0.15, 0.2) is 0 Å². The number of hydrogen-bond donors (Lipinski definition) is 0. The molecule has 0 bridgehead atoms. The lowest BCUT2D eigenvalue weighted by molar-refractivity contribution is -0.134. The lowest BCUT2D eigenvalue weighted by atomic mass is 9.98. The van der Waals surface area contributed by atoms with Crippen LogP contribution in [0.1, 0.15) is 36.1 Å². The molecule has 3 nitrogen and oxygen atoms in total. The predicted molar refractivity (Wildman–Crippen MR) is 98.1 cm³/mol. The maximum atomic E-state index is 13.1. The molecule has 3 rings (SSSR count). The summed E-state index contributed by atoms with van der Waals surface area (Å²) in [5.74, 6) is 0.697. The van der Waals surface area contributed by atoms with E-state index in [4.69, 9.17) is 4.74 Å². The van der Waals surface area contributed by atoms with E-state index in [1.165, 1.54) is 5.56 Å². The Bertz CT molecular complexity index is 620. The highest BCUT2D eigenvalue weighted by Gasteiger charge is 2.26. The lowest BCUT2D eigenvalue weighted by Crippen LogP contribution is -2.38. The predicted octanol–water partition coefficient (Wildman–Crippen LogP) is 4.31. The lowest BCUT2D eigenvalue weighted by Gasteiger charge is -2.31. The van der Waals surface area contributed by atoms with Crippen molar-refractivity contribution >= 4 is 17.2 Å². The van der Waals surface area contributed by atoms with Crippen molar-refractivity contribution in [1.82, 2.24) is 4.90 Å². The number of carbonyl (C=O) groups excluding carboxylic acids is 1. The van der Waals surface area contributed by atoms with Gasteiger partial charge in [0.2, 0.25) is 5.91 Å². The molecule has 1 atom stereocenters. The average molecular weight is 343 g/mol. The SMILES string of the molecule is CC(C(=O)N(Cc1ccccc1)CC1CCOCC1)c1cccs1. The number of carbonyl (C=O) groups is 1. The van der Waals surface area contributed by atoms with Crippen LogP contribution in [-0.2, 0) is 16.1 Å². The molecule has 1 fully saturated rings. The Morgan fingerprint density at radius 2 is 1.96 bits per heavy atom. The second kappa shape index (κ2) is 8.45. The van der Waals surface area contributed by atoms with E-state index < -0.39 is 0 Å². The number of ether oxygens (including phenoxy) is 1. The minimum atomic E-state index is -0.0754. The molecule has 2 aromatic rings. The zero-order valence-electron chi connectivity index (χ0n) is 14.2. The van der Waals surface area contributed by atoms with E-state index in [-0.39, 0.29) is 11.8 Å². The van der Waals surface area contributed by atoms with E-state index in [0.717, 1.165) is 37.5 Å². The summed E-state index contributed by atoms with van der Waals surface area (Å²) in [5.41, 5.74) is 1.19. The summed E-state index contributed by atoms with van der Waals surface area (Å²) < 4.78 is 5.46. The van der Waals surface area contributed by atoms with Crippen molar-refractivity contribution < 1.29 is 9.53 Å². The van der Waals surface area contributed by atoms with Gasteiger partial charge in [0.1, 0.15) is 0 Å². The Balaban J connectivity index is 1.73. The Kier molecular flexibility index (Phi) is 6.05. The van der Waals surface area contributed by atoms with Gasteiger partial charge in [0.05, 0.1) is 5.92 Å². The number of hydrogen-bond acceptors (Lipinski definition) is 3. The highest BCUT2D eigenvalue weighted by Crippen LogP contribution is 2.25. The maximum Gasteiger partial charge on any atom is 0.230 e. The van der Waals surface area contributed by atoms with Gasteiger partial charge in [-0.15, -0.1) is 11.3 Å². The maximum absolute atomic E-state index is 13.1. The van der Waals surface area contributed by atoms with E-state index in [9.17, 15) is 4.79 Å². The van der Waals surface area contributed by atoms with Crippen molar-refractivity contribution in [2.24, 2.45) is 5.92 Å². The number of rotatable bonds is 6. The highest BCUT2D eigenvalue weighted by atomic mass is 32.1. The van der Waals surface area contributed by atoms with E-state index in [2.05, 4.69) is 23.1 Å². The van der Waals surface area contributed by atoms with E-state index in [0.29, 0.717) is 12.5 Å². The summed E-state index contributed by atoms with van der Waals surface area (Å²) >= 11 is 1.66. The topological polar surface area (TPSA) is 29.5 Å². The zero-order valence-corrected chi connectivity index (χ0v) is 15.0. The van der Waals surface area contributed by atoms with Crippen molar-refractivity contribution in [3.8, 4) is 0 Å². The molecule has 24 heavy (non-hydrogen) atoms. The van der Waals surface area contributed by atoms with Crippen molar-refractivity contribution in [1.29, 1.82) is 0 Å². The van der Waals surface area contributed by atoms with Crippen LogP contribution in [0.15, 0.2) is 47.8 Å². The molecular formula is C20H25NO2S. The van der Waals surface area contributed by atoms with Crippen molar-refractivity contribution in [3.63, 3.8) is 0 Å². The van der Waals surface area contributed by atoms with Crippen LogP contribution < -0.4 is 0 Å². The van der Waals surface area contributed by atoms with Gasteiger partial charge in [0.25, 0.3) is 0 Å². The second-order valence-corrected chi connectivity index (χ2v) is 7.48. The molecule has 128 valence electrons. The molecule has 0 radical (unpaired) electrons.